The van der Waals surface area contributed by atoms with Crippen molar-refractivity contribution in [3.63, 3.8) is 0 Å². The molecule has 2 nitrogen and oxygen atoms in total. The predicted molar refractivity (Wildman–Crippen MR) is 63.1 cm³/mol. The molecule has 2 aromatic carbocycles. The minimum absolute atomic E-state index is 0.678. The molecule has 2 aromatic rings. The summed E-state index contributed by atoms with van der Waals surface area (Å²) in [5.41, 5.74) is 2.89. The smallest absolute Gasteiger partial charge is 0.118 e. The molecule has 0 N–H and O–H groups in total. The topological polar surface area (TPSA) is 33.0 Å². The van der Waals surface area contributed by atoms with Crippen LogP contribution in [0.4, 0.5) is 0 Å². The lowest BCUT2D eigenvalue weighted by molar-refractivity contribution is 0.415. The van der Waals surface area contributed by atoms with E-state index in [1.807, 2.05) is 48.5 Å². The van der Waals surface area contributed by atoms with E-state index in [-0.39, 0.29) is 0 Å². The van der Waals surface area contributed by atoms with Crippen LogP contribution in [0.1, 0.15) is 5.56 Å². The highest BCUT2D eigenvalue weighted by Crippen LogP contribution is 2.22. The van der Waals surface area contributed by atoms with E-state index in [9.17, 15) is 0 Å². The van der Waals surface area contributed by atoms with Gasteiger partial charge in [0, 0.05) is 0 Å². The Labute approximate surface area is 94.7 Å². The molecular formula is C14H11NO. The van der Waals surface area contributed by atoms with Gasteiger partial charge < -0.3 is 4.74 Å². The van der Waals surface area contributed by atoms with Gasteiger partial charge in [-0.05, 0) is 35.4 Å². The third kappa shape index (κ3) is 2.04. The van der Waals surface area contributed by atoms with Crippen molar-refractivity contribution < 1.29 is 4.74 Å². The summed E-state index contributed by atoms with van der Waals surface area (Å²) in [6, 6.07) is 17.5. The highest BCUT2D eigenvalue weighted by Gasteiger charge is 1.98. The molecule has 0 saturated carbocycles. The molecule has 2 rings (SSSR count). The third-order valence-corrected chi connectivity index (χ3v) is 2.44. The molecule has 0 aromatic heterocycles. The van der Waals surface area contributed by atoms with Crippen LogP contribution in [0.2, 0.25) is 0 Å². The van der Waals surface area contributed by atoms with Crippen LogP contribution < -0.4 is 4.74 Å². The highest BCUT2D eigenvalue weighted by molar-refractivity contribution is 5.64. The Kier molecular flexibility index (Phi) is 2.88. The lowest BCUT2D eigenvalue weighted by Crippen LogP contribution is -1.83. The van der Waals surface area contributed by atoms with Crippen molar-refractivity contribution in [1.82, 2.24) is 0 Å². The van der Waals surface area contributed by atoms with E-state index in [1.54, 1.807) is 7.11 Å². The molecular weight excluding hydrogens is 198 g/mol. The average Bonchev–Trinajstić information content (AvgIpc) is 2.39. The summed E-state index contributed by atoms with van der Waals surface area (Å²) in [5, 5.41) is 8.70. The summed E-state index contributed by atoms with van der Waals surface area (Å²) in [4.78, 5) is 0. The first-order valence-corrected chi connectivity index (χ1v) is 4.98. The van der Waals surface area contributed by atoms with Crippen molar-refractivity contribution in [1.29, 1.82) is 5.26 Å². The van der Waals surface area contributed by atoms with Crippen molar-refractivity contribution in [2.75, 3.05) is 7.11 Å². The number of nitrogens with zero attached hydrogens (tertiary/aromatic N) is 1. The number of benzene rings is 2. The summed E-state index contributed by atoms with van der Waals surface area (Å²) < 4.78 is 5.10. The van der Waals surface area contributed by atoms with Crippen LogP contribution in [0.3, 0.4) is 0 Å². The molecule has 0 atom stereocenters. The van der Waals surface area contributed by atoms with E-state index in [0.29, 0.717) is 5.56 Å². The van der Waals surface area contributed by atoms with Gasteiger partial charge in [0.1, 0.15) is 5.75 Å². The second-order valence-electron chi connectivity index (χ2n) is 3.42. The highest BCUT2D eigenvalue weighted by atomic mass is 16.5. The molecule has 0 aliphatic carbocycles. The molecule has 0 aliphatic heterocycles. The molecule has 16 heavy (non-hydrogen) atoms. The van der Waals surface area contributed by atoms with Crippen molar-refractivity contribution in [2.45, 2.75) is 0 Å². The number of nitriles is 1. The van der Waals surface area contributed by atoms with Gasteiger partial charge in [0.2, 0.25) is 0 Å². The van der Waals surface area contributed by atoms with Gasteiger partial charge in [-0.3, -0.25) is 0 Å². The summed E-state index contributed by atoms with van der Waals surface area (Å²) >= 11 is 0. The SMILES string of the molecule is COc1ccc(-c2ccc(C#N)cc2)cc1. The second-order valence-corrected chi connectivity index (χ2v) is 3.42. The van der Waals surface area contributed by atoms with Crippen LogP contribution in [0.25, 0.3) is 11.1 Å². The maximum absolute atomic E-state index is 8.70. The maximum atomic E-state index is 8.70. The molecule has 0 amide bonds. The maximum Gasteiger partial charge on any atom is 0.118 e. The van der Waals surface area contributed by atoms with Gasteiger partial charge in [0.05, 0.1) is 18.7 Å². The van der Waals surface area contributed by atoms with Gasteiger partial charge in [0.25, 0.3) is 0 Å². The molecule has 0 spiro atoms. The van der Waals surface area contributed by atoms with Gasteiger partial charge in [-0.2, -0.15) is 5.26 Å². The number of rotatable bonds is 2. The Bertz CT molecular complexity index is 506. The van der Waals surface area contributed by atoms with Crippen LogP contribution in [-0.2, 0) is 0 Å². The van der Waals surface area contributed by atoms with Gasteiger partial charge in [-0.1, -0.05) is 24.3 Å². The van der Waals surface area contributed by atoms with Crippen LogP contribution >= 0.6 is 0 Å². The van der Waals surface area contributed by atoms with E-state index in [0.717, 1.165) is 16.9 Å². The summed E-state index contributed by atoms with van der Waals surface area (Å²) in [7, 11) is 1.65. The molecule has 0 unspecified atom stereocenters. The van der Waals surface area contributed by atoms with E-state index >= 15 is 0 Å². The monoisotopic (exact) mass is 209 g/mol. The van der Waals surface area contributed by atoms with Gasteiger partial charge in [-0.15, -0.1) is 0 Å². The van der Waals surface area contributed by atoms with E-state index in [1.165, 1.54) is 0 Å². The van der Waals surface area contributed by atoms with Crippen molar-refractivity contribution in [3.8, 4) is 22.9 Å². The fraction of sp³-hybridized carbons (Fsp3) is 0.0714. The fourth-order valence-corrected chi connectivity index (χ4v) is 1.52. The zero-order valence-electron chi connectivity index (χ0n) is 8.97. The molecule has 0 heterocycles. The summed E-state index contributed by atoms with van der Waals surface area (Å²) in [6.45, 7) is 0. The van der Waals surface area contributed by atoms with Gasteiger partial charge >= 0.3 is 0 Å². The van der Waals surface area contributed by atoms with E-state index < -0.39 is 0 Å². The Morgan fingerprint density at radius 3 is 1.81 bits per heavy atom. The molecule has 0 radical (unpaired) electrons. The standard InChI is InChI=1S/C14H11NO/c1-16-14-8-6-13(7-9-14)12-4-2-11(10-15)3-5-12/h2-9H,1H3. The fourth-order valence-electron chi connectivity index (χ4n) is 1.52. The summed E-state index contributed by atoms with van der Waals surface area (Å²) in [5.74, 6) is 0.845. The Morgan fingerprint density at radius 1 is 0.875 bits per heavy atom. The normalized spacial score (nSPS) is 9.50. The Hall–Kier alpha value is -2.27. The van der Waals surface area contributed by atoms with Crippen LogP contribution in [0.15, 0.2) is 48.5 Å². The largest absolute Gasteiger partial charge is 0.497 e. The molecule has 2 heteroatoms. The molecule has 0 aliphatic rings. The molecule has 0 bridgehead atoms. The minimum Gasteiger partial charge on any atom is -0.497 e. The van der Waals surface area contributed by atoms with Crippen molar-refractivity contribution in [2.24, 2.45) is 0 Å². The van der Waals surface area contributed by atoms with Crippen LogP contribution in [0, 0.1) is 11.3 Å². The van der Waals surface area contributed by atoms with Gasteiger partial charge in [-0.25, -0.2) is 0 Å². The number of hydrogen-bond acceptors (Lipinski definition) is 2. The average molecular weight is 209 g/mol. The Balaban J connectivity index is 2.32. The van der Waals surface area contributed by atoms with Crippen molar-refractivity contribution in [3.05, 3.63) is 54.1 Å². The molecule has 78 valence electrons. The van der Waals surface area contributed by atoms with Crippen LogP contribution in [-0.4, -0.2) is 7.11 Å². The second kappa shape index (κ2) is 4.50. The van der Waals surface area contributed by atoms with E-state index in [4.69, 9.17) is 10.00 Å². The predicted octanol–water partition coefficient (Wildman–Crippen LogP) is 3.23. The molecule has 0 fully saturated rings. The quantitative estimate of drug-likeness (QED) is 0.760. The zero-order chi connectivity index (χ0) is 11.4. The summed E-state index contributed by atoms with van der Waals surface area (Å²) in [6.07, 6.45) is 0. The third-order valence-electron chi connectivity index (χ3n) is 2.44. The van der Waals surface area contributed by atoms with Crippen LogP contribution in [0.5, 0.6) is 5.75 Å². The lowest BCUT2D eigenvalue weighted by Gasteiger charge is -2.03. The van der Waals surface area contributed by atoms with Crippen molar-refractivity contribution >= 4 is 0 Å². The first-order valence-electron chi connectivity index (χ1n) is 4.98. The first-order chi connectivity index (χ1) is 7.83. The van der Waals surface area contributed by atoms with E-state index in [2.05, 4.69) is 6.07 Å². The number of hydrogen-bond donors (Lipinski definition) is 0. The minimum atomic E-state index is 0.678. The number of methoxy groups -OCH3 is 1. The van der Waals surface area contributed by atoms with Gasteiger partial charge in [0.15, 0.2) is 0 Å². The Morgan fingerprint density at radius 2 is 1.38 bits per heavy atom. The zero-order valence-corrected chi connectivity index (χ0v) is 8.97. The first kappa shape index (κ1) is 10.3. The lowest BCUT2D eigenvalue weighted by atomic mass is 10.0. The molecule has 0 saturated heterocycles. The number of ether oxygens (including phenoxy) is 1.